The van der Waals surface area contributed by atoms with Gasteiger partial charge in [-0.15, -0.1) is 0 Å². The van der Waals surface area contributed by atoms with Gasteiger partial charge in [-0.05, 0) is 76.8 Å². The van der Waals surface area contributed by atoms with Gasteiger partial charge in [-0.2, -0.15) is 42.1 Å². The molecule has 0 radical (unpaired) electrons. The van der Waals surface area contributed by atoms with Gasteiger partial charge in [0.15, 0.2) is 12.1 Å². The van der Waals surface area contributed by atoms with E-state index in [-0.39, 0.29) is 62.9 Å². The van der Waals surface area contributed by atoms with Crippen molar-refractivity contribution in [1.29, 1.82) is 0 Å². The van der Waals surface area contributed by atoms with E-state index in [0.29, 0.717) is 10.4 Å². The van der Waals surface area contributed by atoms with Crippen LogP contribution in [0.15, 0.2) is 36.4 Å². The lowest BCUT2D eigenvalue weighted by Crippen LogP contribution is -2.66. The molecule has 61 heavy (non-hydrogen) atoms. The predicted molar refractivity (Wildman–Crippen MR) is 230 cm³/mol. The van der Waals surface area contributed by atoms with E-state index in [1.807, 2.05) is 13.1 Å². The molecule has 1 unspecified atom stereocenters. The molecular formula is C35H48N3O17S5Si+. The maximum absolute atomic E-state index is 12.8. The summed E-state index contributed by atoms with van der Waals surface area (Å²) in [7, 11) is -26.4. The molecule has 1 atom stereocenters. The first kappa shape index (κ1) is 48.5. The molecule has 2 aromatic carbocycles. The zero-order chi connectivity index (χ0) is 46.3. The van der Waals surface area contributed by atoms with Crippen LogP contribution in [-0.4, -0.2) is 143 Å². The van der Waals surface area contributed by atoms with Gasteiger partial charge < -0.3 is 15.3 Å². The SMILES string of the molecule is CC1(C)C=C(CS(=O)(=O)O)c2cc3c(cc2N1CCS(=O)(=O)O)[Si](C)(C)c1cc2c(cc1=C3NC(CCS(=O)(=O)O)C(=O)O)C(CS(=O)(=O)O)=CC(C)(C)[N+]=2CCS(=O)(=O)O. The Balaban J connectivity index is 2.00. The molecule has 7 N–H and O–H groups in total. The van der Waals surface area contributed by atoms with E-state index in [4.69, 9.17) is 0 Å². The monoisotopic (exact) mass is 970 g/mol. The average molecular weight is 971 g/mol. The van der Waals surface area contributed by atoms with Crippen molar-refractivity contribution in [2.75, 3.05) is 46.8 Å². The largest absolute Gasteiger partial charge is 0.480 e. The van der Waals surface area contributed by atoms with Crippen molar-refractivity contribution in [2.45, 2.75) is 64.3 Å². The highest BCUT2D eigenvalue weighted by Gasteiger charge is 2.43. The molecule has 0 fully saturated rings. The van der Waals surface area contributed by atoms with Crippen LogP contribution in [0.4, 0.5) is 5.69 Å². The number of hydrogen-bond acceptors (Lipinski definition) is 13. The Kier molecular flexibility index (Phi) is 12.6. The summed E-state index contributed by atoms with van der Waals surface area (Å²) in [4.78, 5) is 14.4. The van der Waals surface area contributed by atoms with Crippen molar-refractivity contribution in [3.8, 4) is 0 Å². The third kappa shape index (κ3) is 11.2. The van der Waals surface area contributed by atoms with Gasteiger partial charge in [-0.3, -0.25) is 22.8 Å². The zero-order valence-electron chi connectivity index (χ0n) is 33.8. The molecule has 0 bridgehead atoms. The van der Waals surface area contributed by atoms with Gasteiger partial charge in [0.05, 0.1) is 22.6 Å². The van der Waals surface area contributed by atoms with Gasteiger partial charge in [0, 0.05) is 43.4 Å². The van der Waals surface area contributed by atoms with Gasteiger partial charge >= 0.3 is 5.97 Å². The van der Waals surface area contributed by atoms with E-state index in [2.05, 4.69) is 5.32 Å². The Hall–Kier alpha value is -3.57. The van der Waals surface area contributed by atoms with E-state index in [1.54, 1.807) is 49.3 Å². The summed E-state index contributed by atoms with van der Waals surface area (Å²) in [6.45, 7) is 9.80. The summed E-state index contributed by atoms with van der Waals surface area (Å²) >= 11 is 0. The number of anilines is 1. The normalized spacial score (nSPS) is 18.8. The fraction of sp³-hybridized carbons (Fsp3) is 0.486. The van der Waals surface area contributed by atoms with Crippen LogP contribution in [0.2, 0.25) is 13.1 Å². The minimum atomic E-state index is -4.72. The minimum Gasteiger partial charge on any atom is -0.480 e. The molecule has 2 aromatic rings. The second kappa shape index (κ2) is 15.9. The van der Waals surface area contributed by atoms with Gasteiger partial charge in [-0.25, -0.2) is 9.37 Å². The molecule has 26 heteroatoms. The molecule has 0 amide bonds. The van der Waals surface area contributed by atoms with E-state index in [1.165, 1.54) is 24.3 Å². The Morgan fingerprint density at radius 2 is 1.25 bits per heavy atom. The standard InChI is InChI=1S/C35H47N3O17S5Si/c1-34(2)17-21(19-59(50,51)52)23-13-25-30(15-28(23)37(34)8-11-57(44,45)46)61(5,6)31-16-29-24(14-26(31)32(25)36-27(33(39)40)7-10-56(41,42)43)22(20-60(53,54)55)18-35(3,4)38(29)9-12-58(47,48)49/h13-18,27H,7-12,19-20H2,1-6H3,(H6,39,40,41,42,43,44,45,46,47,48,49,50,51,52,53,54,55)/p+1. The van der Waals surface area contributed by atoms with Crippen molar-refractivity contribution in [2.24, 2.45) is 0 Å². The van der Waals surface area contributed by atoms with Crippen LogP contribution in [-0.2, 0) is 55.4 Å². The molecule has 20 nitrogen and oxygen atoms in total. The lowest BCUT2D eigenvalue weighted by Gasteiger charge is -2.45. The molecule has 3 heterocycles. The fourth-order valence-electron chi connectivity index (χ4n) is 8.38. The number of hydrogen-bond donors (Lipinski definition) is 7. The lowest BCUT2D eigenvalue weighted by atomic mass is 9.87. The number of nitrogens with one attached hydrogen (secondary N) is 1. The summed E-state index contributed by atoms with van der Waals surface area (Å²) in [6, 6.07) is 4.63. The van der Waals surface area contributed by atoms with Crippen molar-refractivity contribution in [3.63, 3.8) is 0 Å². The van der Waals surface area contributed by atoms with Crippen molar-refractivity contribution in [3.05, 3.63) is 63.7 Å². The van der Waals surface area contributed by atoms with Crippen LogP contribution in [0.3, 0.4) is 0 Å². The number of rotatable bonds is 16. The molecule has 338 valence electrons. The first-order valence-corrected chi connectivity index (χ1v) is 29.4. The molecule has 0 saturated carbocycles. The van der Waals surface area contributed by atoms with Gasteiger partial charge in [0.1, 0.15) is 31.4 Å². The second-order valence-corrected chi connectivity index (χ2v) is 28.9. The number of carbonyl (C=O) groups is 1. The quantitative estimate of drug-likeness (QED) is 0.0572. The Morgan fingerprint density at radius 1 is 0.705 bits per heavy atom. The maximum atomic E-state index is 12.8. The molecule has 0 aliphatic carbocycles. The number of carboxylic acid groups (broad SMARTS) is 1. The zero-order valence-corrected chi connectivity index (χ0v) is 38.9. The van der Waals surface area contributed by atoms with Gasteiger partial charge in [0.2, 0.25) is 5.36 Å². The van der Waals surface area contributed by atoms with Crippen molar-refractivity contribution >= 4 is 97.5 Å². The van der Waals surface area contributed by atoms with Gasteiger partial charge in [0.25, 0.3) is 50.6 Å². The van der Waals surface area contributed by atoms with Crippen LogP contribution >= 0.6 is 0 Å². The fourth-order valence-corrected chi connectivity index (χ4v) is 14.0. The number of carboxylic acids is 1. The number of aliphatic carboxylic acids is 1. The summed E-state index contributed by atoms with van der Waals surface area (Å²) in [6.07, 6.45) is 2.31. The van der Waals surface area contributed by atoms with E-state index < -0.39 is 117 Å². The third-order valence-corrected chi connectivity index (χ3v) is 18.0. The summed E-state index contributed by atoms with van der Waals surface area (Å²) in [5.74, 6) is -5.85. The van der Waals surface area contributed by atoms with E-state index in [0.717, 1.165) is 0 Å². The van der Waals surface area contributed by atoms with Gasteiger partial charge in [-0.1, -0.05) is 19.2 Å². The number of benzene rings is 2. The Labute approximate surface area is 355 Å². The van der Waals surface area contributed by atoms with Crippen LogP contribution < -0.4 is 35.7 Å². The predicted octanol–water partition coefficient (Wildman–Crippen LogP) is -1.50. The van der Waals surface area contributed by atoms with Crippen molar-refractivity contribution < 1.29 is 74.8 Å². The second-order valence-electron chi connectivity index (χ2n) is 16.9. The van der Waals surface area contributed by atoms with Crippen LogP contribution in [0, 0.1) is 0 Å². The maximum Gasteiger partial charge on any atom is 0.326 e. The summed E-state index contributed by atoms with van der Waals surface area (Å²) in [5, 5.41) is 14.9. The van der Waals surface area contributed by atoms with Crippen LogP contribution in [0.5, 0.6) is 0 Å². The highest BCUT2D eigenvalue weighted by molar-refractivity contribution is 7.87. The molecule has 0 saturated heterocycles. The lowest BCUT2D eigenvalue weighted by molar-refractivity contribution is -0.139. The Morgan fingerprint density at radius 3 is 1.75 bits per heavy atom. The van der Waals surface area contributed by atoms with Crippen LogP contribution in [0.25, 0.3) is 16.8 Å². The number of nitrogens with zero attached hydrogens (tertiary/aromatic N) is 2. The van der Waals surface area contributed by atoms with Crippen molar-refractivity contribution in [1.82, 2.24) is 9.89 Å². The molecule has 3 aliphatic heterocycles. The molecule has 5 rings (SSSR count). The third-order valence-electron chi connectivity index (χ3n) is 11.0. The first-order valence-electron chi connectivity index (χ1n) is 18.4. The summed E-state index contributed by atoms with van der Waals surface area (Å²) in [5.41, 5.74) is -1.24. The first-order chi connectivity index (χ1) is 27.4. The van der Waals surface area contributed by atoms with E-state index in [9.17, 15) is 74.8 Å². The smallest absolute Gasteiger partial charge is 0.326 e. The van der Waals surface area contributed by atoms with Crippen LogP contribution in [0.1, 0.15) is 50.8 Å². The highest BCUT2D eigenvalue weighted by Crippen LogP contribution is 2.41. The number of fused-ring (bicyclic) bond motifs is 4. The van der Waals surface area contributed by atoms with E-state index >= 15 is 0 Å². The molecule has 0 spiro atoms. The molecule has 0 aromatic heterocycles. The summed E-state index contributed by atoms with van der Waals surface area (Å²) < 4.78 is 172. The minimum absolute atomic E-state index is 0.0196. The topological polar surface area (TPSA) is 327 Å². The highest BCUT2D eigenvalue weighted by atomic mass is 32.2. The average Bonchev–Trinajstić information content (AvgIpc) is 3.03. The Bertz CT molecular complexity index is 3000. The molecular weight excluding hydrogens is 923 g/mol. The molecule has 3 aliphatic rings.